The zero-order valence-electron chi connectivity index (χ0n) is 14.9. The van der Waals surface area contributed by atoms with Crippen molar-refractivity contribution in [1.82, 2.24) is 10.3 Å². The summed E-state index contributed by atoms with van der Waals surface area (Å²) in [5.41, 5.74) is 3.45. The van der Waals surface area contributed by atoms with Crippen LogP contribution in [0.4, 0.5) is 4.79 Å². The molecule has 2 aromatic rings. The van der Waals surface area contributed by atoms with Gasteiger partial charge in [-0.1, -0.05) is 18.2 Å². The van der Waals surface area contributed by atoms with Crippen molar-refractivity contribution in [2.75, 3.05) is 6.54 Å². The Labute approximate surface area is 147 Å². The average Bonchev–Trinajstić information content (AvgIpc) is 2.90. The van der Waals surface area contributed by atoms with Crippen LogP contribution < -0.4 is 5.32 Å². The lowest BCUT2D eigenvalue weighted by Crippen LogP contribution is -2.32. The lowest BCUT2D eigenvalue weighted by molar-refractivity contribution is 0.0534. The second-order valence-electron chi connectivity index (χ2n) is 7.35. The van der Waals surface area contributed by atoms with E-state index in [0.29, 0.717) is 13.0 Å². The Hall–Kier alpha value is -2.56. The first kappa shape index (κ1) is 17.3. The maximum Gasteiger partial charge on any atom is 0.407 e. The van der Waals surface area contributed by atoms with Crippen molar-refractivity contribution in [2.45, 2.75) is 45.6 Å². The third-order valence-electron chi connectivity index (χ3n) is 4.11. The number of ketones is 1. The van der Waals surface area contributed by atoms with Gasteiger partial charge in [-0.15, -0.1) is 0 Å². The lowest BCUT2D eigenvalue weighted by atomic mass is 9.94. The molecule has 5 heteroatoms. The molecular weight excluding hydrogens is 316 g/mol. The molecule has 0 saturated carbocycles. The second kappa shape index (κ2) is 6.75. The number of H-pyrrole nitrogens is 1. The van der Waals surface area contributed by atoms with Gasteiger partial charge in [-0.3, -0.25) is 4.79 Å². The number of nitrogens with one attached hydrogen (secondary N) is 2. The van der Waals surface area contributed by atoms with E-state index in [1.807, 2.05) is 45.1 Å². The summed E-state index contributed by atoms with van der Waals surface area (Å²) in [6, 6.07) is 6.09. The van der Waals surface area contributed by atoms with E-state index in [9.17, 15) is 9.59 Å². The van der Waals surface area contributed by atoms with Crippen LogP contribution in [0.2, 0.25) is 0 Å². The standard InChI is InChI=1S/C20H24N2O3/c1-20(2,3)25-19(24)21-11-5-6-13-9-10-16-15(12-13)14-7-4-8-17(23)18(14)22-16/h5-6,9-10,12,22H,4,7-8,11H2,1-3H3,(H,21,24). The number of aryl methyl sites for hydroxylation is 1. The van der Waals surface area contributed by atoms with Gasteiger partial charge in [0, 0.05) is 23.9 Å². The summed E-state index contributed by atoms with van der Waals surface area (Å²) in [7, 11) is 0. The molecule has 0 saturated heterocycles. The highest BCUT2D eigenvalue weighted by atomic mass is 16.6. The van der Waals surface area contributed by atoms with Crippen molar-refractivity contribution in [3.63, 3.8) is 0 Å². The molecule has 1 aromatic carbocycles. The van der Waals surface area contributed by atoms with Gasteiger partial charge in [-0.25, -0.2) is 4.79 Å². The van der Waals surface area contributed by atoms with Crippen molar-refractivity contribution in [1.29, 1.82) is 0 Å². The number of aromatic nitrogens is 1. The predicted molar refractivity (Wildman–Crippen MR) is 98.8 cm³/mol. The van der Waals surface area contributed by atoms with Gasteiger partial charge in [0.25, 0.3) is 0 Å². The Morgan fingerprint density at radius 2 is 2.12 bits per heavy atom. The number of benzene rings is 1. The molecule has 5 nitrogen and oxygen atoms in total. The summed E-state index contributed by atoms with van der Waals surface area (Å²) in [6.07, 6.45) is 5.90. The minimum Gasteiger partial charge on any atom is -0.444 e. The van der Waals surface area contributed by atoms with Crippen molar-refractivity contribution in [2.24, 2.45) is 0 Å². The molecule has 1 amide bonds. The number of hydrogen-bond donors (Lipinski definition) is 2. The van der Waals surface area contributed by atoms with E-state index in [0.717, 1.165) is 40.6 Å². The number of carbonyl (C=O) groups excluding carboxylic acids is 2. The van der Waals surface area contributed by atoms with Crippen LogP contribution in [0.25, 0.3) is 17.0 Å². The molecule has 0 unspecified atom stereocenters. The van der Waals surface area contributed by atoms with E-state index in [1.165, 1.54) is 0 Å². The number of alkyl carbamates (subject to hydrolysis) is 1. The van der Waals surface area contributed by atoms with E-state index in [4.69, 9.17) is 4.74 Å². The fourth-order valence-corrected chi connectivity index (χ4v) is 3.07. The highest BCUT2D eigenvalue weighted by Crippen LogP contribution is 2.29. The molecular formula is C20H24N2O3. The number of aromatic amines is 1. The molecule has 2 N–H and O–H groups in total. The third kappa shape index (κ3) is 4.10. The van der Waals surface area contributed by atoms with Gasteiger partial charge >= 0.3 is 6.09 Å². The molecule has 1 heterocycles. The van der Waals surface area contributed by atoms with Crippen LogP contribution in [-0.4, -0.2) is 29.0 Å². The Balaban J connectivity index is 1.68. The lowest BCUT2D eigenvalue weighted by Gasteiger charge is -2.19. The van der Waals surface area contributed by atoms with E-state index >= 15 is 0 Å². The van der Waals surface area contributed by atoms with E-state index in [1.54, 1.807) is 0 Å². The van der Waals surface area contributed by atoms with Crippen LogP contribution in [0.5, 0.6) is 0 Å². The fraction of sp³-hybridized carbons (Fsp3) is 0.400. The molecule has 0 atom stereocenters. The number of hydrogen-bond acceptors (Lipinski definition) is 3. The molecule has 0 spiro atoms. The van der Waals surface area contributed by atoms with Gasteiger partial charge in [0.2, 0.25) is 0 Å². The number of rotatable bonds is 3. The Bertz CT molecular complexity index is 840. The first-order valence-electron chi connectivity index (χ1n) is 8.65. The SMILES string of the molecule is CC(C)(C)OC(=O)NCC=Cc1ccc2[nH]c3c(c2c1)CCCC3=O. The van der Waals surface area contributed by atoms with Crippen molar-refractivity contribution < 1.29 is 14.3 Å². The summed E-state index contributed by atoms with van der Waals surface area (Å²) < 4.78 is 5.19. The highest BCUT2D eigenvalue weighted by Gasteiger charge is 2.21. The van der Waals surface area contributed by atoms with Gasteiger partial charge < -0.3 is 15.0 Å². The van der Waals surface area contributed by atoms with Crippen LogP contribution in [0, 0.1) is 0 Å². The van der Waals surface area contributed by atoms with Crippen LogP contribution in [0.15, 0.2) is 24.3 Å². The molecule has 1 aliphatic carbocycles. The second-order valence-corrected chi connectivity index (χ2v) is 7.35. The molecule has 0 bridgehead atoms. The van der Waals surface area contributed by atoms with E-state index in [2.05, 4.69) is 16.4 Å². The maximum absolute atomic E-state index is 12.0. The monoisotopic (exact) mass is 340 g/mol. The van der Waals surface area contributed by atoms with Crippen LogP contribution in [-0.2, 0) is 11.2 Å². The number of Topliss-reactive ketones (excluding diaryl/α,β-unsaturated/α-hetero) is 1. The van der Waals surface area contributed by atoms with Gasteiger partial charge in [-0.2, -0.15) is 0 Å². The van der Waals surface area contributed by atoms with Crippen LogP contribution in [0.3, 0.4) is 0 Å². The number of carbonyl (C=O) groups is 2. The summed E-state index contributed by atoms with van der Waals surface area (Å²) in [4.78, 5) is 26.9. The summed E-state index contributed by atoms with van der Waals surface area (Å²) in [5.74, 6) is 0.205. The van der Waals surface area contributed by atoms with Crippen molar-refractivity contribution >= 4 is 28.9 Å². The van der Waals surface area contributed by atoms with Gasteiger partial charge in [0.05, 0.1) is 5.69 Å². The van der Waals surface area contributed by atoms with Crippen molar-refractivity contribution in [3.05, 3.63) is 41.1 Å². The summed E-state index contributed by atoms with van der Waals surface area (Å²) in [5, 5.41) is 3.81. The average molecular weight is 340 g/mol. The van der Waals surface area contributed by atoms with Gasteiger partial charge in [0.1, 0.15) is 5.60 Å². The zero-order chi connectivity index (χ0) is 18.0. The molecule has 1 aliphatic rings. The largest absolute Gasteiger partial charge is 0.444 e. The molecule has 3 rings (SSSR count). The Morgan fingerprint density at radius 1 is 1.32 bits per heavy atom. The van der Waals surface area contributed by atoms with E-state index in [-0.39, 0.29) is 5.78 Å². The topological polar surface area (TPSA) is 71.2 Å². The molecule has 132 valence electrons. The van der Waals surface area contributed by atoms with Gasteiger partial charge in [0.15, 0.2) is 5.78 Å². The fourth-order valence-electron chi connectivity index (χ4n) is 3.07. The molecule has 25 heavy (non-hydrogen) atoms. The quantitative estimate of drug-likeness (QED) is 0.878. The van der Waals surface area contributed by atoms with Gasteiger partial charge in [-0.05, 0) is 56.9 Å². The molecule has 0 fully saturated rings. The molecule has 0 radical (unpaired) electrons. The predicted octanol–water partition coefficient (Wildman–Crippen LogP) is 4.22. The Kier molecular flexibility index (Phi) is 4.66. The van der Waals surface area contributed by atoms with Crippen molar-refractivity contribution in [3.8, 4) is 0 Å². The number of amides is 1. The third-order valence-corrected chi connectivity index (χ3v) is 4.11. The highest BCUT2D eigenvalue weighted by molar-refractivity contribution is 6.03. The Morgan fingerprint density at radius 3 is 2.88 bits per heavy atom. The summed E-state index contributed by atoms with van der Waals surface area (Å²) >= 11 is 0. The normalized spacial score (nSPS) is 14.8. The first-order valence-corrected chi connectivity index (χ1v) is 8.65. The molecule has 1 aromatic heterocycles. The van der Waals surface area contributed by atoms with E-state index < -0.39 is 11.7 Å². The maximum atomic E-state index is 12.0. The molecule has 0 aliphatic heterocycles. The smallest absolute Gasteiger partial charge is 0.407 e. The number of fused-ring (bicyclic) bond motifs is 3. The zero-order valence-corrected chi connectivity index (χ0v) is 14.9. The minimum atomic E-state index is -0.496. The first-order chi connectivity index (χ1) is 11.8. The van der Waals surface area contributed by atoms with Crippen LogP contribution in [0.1, 0.15) is 55.2 Å². The van der Waals surface area contributed by atoms with Crippen LogP contribution >= 0.6 is 0 Å². The summed E-state index contributed by atoms with van der Waals surface area (Å²) in [6.45, 7) is 5.90. The number of ether oxygens (including phenoxy) is 1. The minimum absolute atomic E-state index is 0.205.